The molecule has 1 aromatic heterocycles. The van der Waals surface area contributed by atoms with Crippen molar-refractivity contribution in [2.75, 3.05) is 29.0 Å². The Morgan fingerprint density at radius 2 is 2.04 bits per heavy atom. The summed E-state index contributed by atoms with van der Waals surface area (Å²) in [5, 5.41) is 8.34. The van der Waals surface area contributed by atoms with E-state index in [0.717, 1.165) is 17.4 Å². The zero-order chi connectivity index (χ0) is 19.4. The molecule has 152 valence electrons. The molecule has 1 aliphatic rings. The number of alkyl halides is 3. The van der Waals surface area contributed by atoms with Gasteiger partial charge in [0.05, 0.1) is 0 Å². The second kappa shape index (κ2) is 9.07. The van der Waals surface area contributed by atoms with Gasteiger partial charge in [0.15, 0.2) is 0 Å². The molecule has 3 rings (SSSR count). The summed E-state index contributed by atoms with van der Waals surface area (Å²) in [7, 11) is 0. The summed E-state index contributed by atoms with van der Waals surface area (Å²) < 4.78 is 39.4. The van der Waals surface area contributed by atoms with E-state index in [1.165, 1.54) is 0 Å². The third-order valence-electron chi connectivity index (χ3n) is 4.02. The first-order valence-electron chi connectivity index (χ1n) is 8.45. The van der Waals surface area contributed by atoms with Gasteiger partial charge in [-0.05, 0) is 43.1 Å². The van der Waals surface area contributed by atoms with Crippen molar-refractivity contribution in [2.45, 2.75) is 25.4 Å². The number of hydrogen-bond donors (Lipinski definition) is 4. The Labute approximate surface area is 165 Å². The Balaban J connectivity index is 0.00000280. The Hall–Kier alpha value is -2.59. The van der Waals surface area contributed by atoms with Crippen LogP contribution in [0.5, 0.6) is 0 Å². The highest BCUT2D eigenvalue weighted by molar-refractivity contribution is 5.94. The molecular weight excluding hydrogens is 397 g/mol. The van der Waals surface area contributed by atoms with Crippen LogP contribution in [0.3, 0.4) is 0 Å². The van der Waals surface area contributed by atoms with Gasteiger partial charge in [-0.1, -0.05) is 0 Å². The number of aromatic nitrogens is 2. The Morgan fingerprint density at radius 3 is 2.75 bits per heavy atom. The predicted octanol–water partition coefficient (Wildman–Crippen LogP) is 3.31. The lowest BCUT2D eigenvalue weighted by Gasteiger charge is -2.18. The van der Waals surface area contributed by atoms with E-state index < -0.39 is 11.7 Å². The number of benzene rings is 1. The molecule has 0 bridgehead atoms. The van der Waals surface area contributed by atoms with Gasteiger partial charge in [0.2, 0.25) is 11.9 Å². The van der Waals surface area contributed by atoms with Crippen LogP contribution < -0.4 is 21.7 Å². The lowest BCUT2D eigenvalue weighted by Crippen LogP contribution is -2.19. The molecule has 0 spiro atoms. The zero-order valence-corrected chi connectivity index (χ0v) is 15.6. The number of nitrogens with one attached hydrogen (secondary N) is 3. The molecule has 28 heavy (non-hydrogen) atoms. The molecule has 0 fully saturated rings. The van der Waals surface area contributed by atoms with Crippen molar-refractivity contribution in [3.63, 3.8) is 0 Å². The van der Waals surface area contributed by atoms with Crippen molar-refractivity contribution in [3.05, 3.63) is 35.5 Å². The number of fused-ring (bicyclic) bond motifs is 1. The second-order valence-corrected chi connectivity index (χ2v) is 6.07. The van der Waals surface area contributed by atoms with Crippen LogP contribution in [0, 0.1) is 0 Å². The maximum Gasteiger partial charge on any atom is 0.421 e. The molecule has 1 aliphatic heterocycles. The van der Waals surface area contributed by atoms with Gasteiger partial charge < -0.3 is 21.7 Å². The number of anilines is 4. The van der Waals surface area contributed by atoms with Gasteiger partial charge in [-0.25, -0.2) is 4.98 Å². The average molecular weight is 417 g/mol. The van der Waals surface area contributed by atoms with E-state index in [1.54, 1.807) is 12.1 Å². The fourth-order valence-electron chi connectivity index (χ4n) is 2.68. The predicted molar refractivity (Wildman–Crippen MR) is 103 cm³/mol. The second-order valence-electron chi connectivity index (χ2n) is 6.07. The van der Waals surface area contributed by atoms with Gasteiger partial charge >= 0.3 is 6.18 Å². The highest BCUT2D eigenvalue weighted by Gasteiger charge is 2.35. The van der Waals surface area contributed by atoms with E-state index in [9.17, 15) is 18.0 Å². The highest BCUT2D eigenvalue weighted by atomic mass is 35.5. The minimum atomic E-state index is -4.56. The Morgan fingerprint density at radius 1 is 1.25 bits per heavy atom. The molecule has 1 amide bonds. The lowest BCUT2D eigenvalue weighted by atomic mass is 10.0. The van der Waals surface area contributed by atoms with E-state index in [2.05, 4.69) is 25.9 Å². The Bertz CT molecular complexity index is 846. The highest BCUT2D eigenvalue weighted by Crippen LogP contribution is 2.34. The van der Waals surface area contributed by atoms with Crippen LogP contribution in [0.15, 0.2) is 24.4 Å². The number of carbonyl (C=O) groups is 1. The van der Waals surface area contributed by atoms with Gasteiger partial charge in [-0.2, -0.15) is 18.2 Å². The summed E-state index contributed by atoms with van der Waals surface area (Å²) in [5.41, 5.74) is 6.74. The van der Waals surface area contributed by atoms with E-state index in [0.29, 0.717) is 31.5 Å². The SMILES string of the molecule is Cl.NCCCNc1nc(Nc2ccc3c(c2)CCC(=O)N3)ncc1C(F)(F)F. The molecule has 2 aromatic rings. The quantitative estimate of drug-likeness (QED) is 0.538. The van der Waals surface area contributed by atoms with Gasteiger partial charge in [0.1, 0.15) is 11.4 Å². The van der Waals surface area contributed by atoms with Crippen LogP contribution in [0.25, 0.3) is 0 Å². The largest absolute Gasteiger partial charge is 0.421 e. The van der Waals surface area contributed by atoms with Crippen LogP contribution in [0.1, 0.15) is 24.0 Å². The fraction of sp³-hybridized carbons (Fsp3) is 0.353. The molecule has 0 saturated heterocycles. The number of nitrogens with two attached hydrogens (primary N) is 1. The summed E-state index contributed by atoms with van der Waals surface area (Å²) in [6.07, 6.45) is -2.31. The maximum absolute atomic E-state index is 13.1. The molecule has 0 radical (unpaired) electrons. The van der Waals surface area contributed by atoms with Gasteiger partial charge in [0.25, 0.3) is 0 Å². The van der Waals surface area contributed by atoms with E-state index in [1.807, 2.05) is 6.07 Å². The average Bonchev–Trinajstić information content (AvgIpc) is 2.61. The van der Waals surface area contributed by atoms with E-state index in [-0.39, 0.29) is 36.6 Å². The monoisotopic (exact) mass is 416 g/mol. The van der Waals surface area contributed by atoms with Crippen molar-refractivity contribution >= 4 is 41.5 Å². The molecule has 7 nitrogen and oxygen atoms in total. The number of hydrogen-bond acceptors (Lipinski definition) is 6. The first kappa shape index (κ1) is 21.7. The van der Waals surface area contributed by atoms with Crippen molar-refractivity contribution in [1.29, 1.82) is 0 Å². The Kier molecular flexibility index (Phi) is 7.03. The molecule has 5 N–H and O–H groups in total. The fourth-order valence-corrected chi connectivity index (χ4v) is 2.68. The van der Waals surface area contributed by atoms with Crippen LogP contribution in [0.4, 0.5) is 36.3 Å². The molecule has 11 heteroatoms. The van der Waals surface area contributed by atoms with Crippen LogP contribution >= 0.6 is 12.4 Å². The number of halogens is 4. The third-order valence-corrected chi connectivity index (χ3v) is 4.02. The van der Waals surface area contributed by atoms with Crippen molar-refractivity contribution in [1.82, 2.24) is 9.97 Å². The molecule has 0 atom stereocenters. The minimum Gasteiger partial charge on any atom is -0.369 e. The topological polar surface area (TPSA) is 105 Å². The summed E-state index contributed by atoms with van der Waals surface area (Å²) in [6, 6.07) is 5.25. The molecule has 0 saturated carbocycles. The van der Waals surface area contributed by atoms with Crippen molar-refractivity contribution in [2.24, 2.45) is 5.73 Å². The van der Waals surface area contributed by atoms with Gasteiger partial charge in [0, 0.05) is 30.5 Å². The van der Waals surface area contributed by atoms with Crippen molar-refractivity contribution in [3.8, 4) is 0 Å². The first-order chi connectivity index (χ1) is 12.9. The van der Waals surface area contributed by atoms with Crippen LogP contribution in [0.2, 0.25) is 0 Å². The standard InChI is InChI=1S/C17H19F3N6O.ClH/c18-17(19,20)12-9-23-16(26-15(12)22-7-1-6-21)24-11-3-4-13-10(8-11)2-5-14(27)25-13;/h3-4,8-9H,1-2,5-7,21H2,(H,25,27)(H2,22,23,24,26);1H. The first-order valence-corrected chi connectivity index (χ1v) is 8.45. The molecular formula is C17H20ClF3N6O. The summed E-state index contributed by atoms with van der Waals surface area (Å²) in [4.78, 5) is 19.2. The minimum absolute atomic E-state index is 0. The van der Waals surface area contributed by atoms with Crippen LogP contribution in [-0.2, 0) is 17.4 Å². The number of amides is 1. The van der Waals surface area contributed by atoms with Crippen LogP contribution in [-0.4, -0.2) is 29.0 Å². The van der Waals surface area contributed by atoms with E-state index in [4.69, 9.17) is 5.73 Å². The van der Waals surface area contributed by atoms with Gasteiger partial charge in [-0.3, -0.25) is 4.79 Å². The molecule has 1 aromatic carbocycles. The van der Waals surface area contributed by atoms with E-state index >= 15 is 0 Å². The molecule has 2 heterocycles. The normalized spacial score (nSPS) is 13.2. The third kappa shape index (κ3) is 5.23. The number of nitrogens with zero attached hydrogens (tertiary/aromatic N) is 2. The van der Waals surface area contributed by atoms with Gasteiger partial charge in [-0.15, -0.1) is 12.4 Å². The zero-order valence-electron chi connectivity index (χ0n) is 14.8. The summed E-state index contributed by atoms with van der Waals surface area (Å²) in [6.45, 7) is 0.630. The van der Waals surface area contributed by atoms with Crippen molar-refractivity contribution < 1.29 is 18.0 Å². The molecule has 0 aliphatic carbocycles. The molecule has 0 unspecified atom stereocenters. The number of aryl methyl sites for hydroxylation is 1. The smallest absolute Gasteiger partial charge is 0.369 e. The maximum atomic E-state index is 13.1. The number of rotatable bonds is 6. The lowest BCUT2D eigenvalue weighted by molar-refractivity contribution is -0.137. The summed E-state index contributed by atoms with van der Waals surface area (Å²) in [5.74, 6) is -0.292. The number of carbonyl (C=O) groups excluding carboxylic acids is 1. The summed E-state index contributed by atoms with van der Waals surface area (Å²) >= 11 is 0.